The van der Waals surface area contributed by atoms with E-state index in [2.05, 4.69) is 62.0 Å². The highest BCUT2D eigenvalue weighted by Crippen LogP contribution is 2.40. The summed E-state index contributed by atoms with van der Waals surface area (Å²) >= 11 is 3.22. The molecule has 3 aromatic carbocycles. The van der Waals surface area contributed by atoms with Gasteiger partial charge in [-0.05, 0) is 99.5 Å². The van der Waals surface area contributed by atoms with Gasteiger partial charge in [-0.25, -0.2) is 4.98 Å². The lowest BCUT2D eigenvalue weighted by atomic mass is 9.85. The summed E-state index contributed by atoms with van der Waals surface area (Å²) in [4.78, 5) is 83.4. The minimum absolute atomic E-state index is 0.0159. The summed E-state index contributed by atoms with van der Waals surface area (Å²) < 4.78 is 19.0. The molecule has 418 valence electrons. The van der Waals surface area contributed by atoms with Crippen molar-refractivity contribution < 1.29 is 43.0 Å². The Morgan fingerprint density at radius 2 is 1.66 bits per heavy atom. The van der Waals surface area contributed by atoms with E-state index in [1.165, 1.54) is 12.0 Å². The van der Waals surface area contributed by atoms with Gasteiger partial charge in [-0.2, -0.15) is 0 Å². The van der Waals surface area contributed by atoms with Gasteiger partial charge in [0.05, 0.1) is 59.9 Å². The fraction of sp³-hybridized carbons (Fsp3) is 0.407. The first-order valence-corrected chi connectivity index (χ1v) is 28.5. The molecule has 4 N–H and O–H groups in total. The van der Waals surface area contributed by atoms with Crippen molar-refractivity contribution in [3.63, 3.8) is 0 Å². The van der Waals surface area contributed by atoms with E-state index in [-0.39, 0.29) is 62.1 Å². The number of hydrogen-bond acceptors (Lipinski definition) is 16. The number of likely N-dealkylation sites (tertiary alicyclic amines) is 1. The van der Waals surface area contributed by atoms with Crippen molar-refractivity contribution >= 4 is 74.6 Å². The van der Waals surface area contributed by atoms with Crippen LogP contribution in [0.2, 0.25) is 0 Å². The molecular formula is C59H66N10O9S2. The Hall–Kier alpha value is -7.75. The number of nitrogens with one attached hydrogen (secondary N) is 3. The number of furan rings is 1. The molecule has 4 aromatic heterocycles. The fourth-order valence-corrected chi connectivity index (χ4v) is 12.8. The fourth-order valence-electron chi connectivity index (χ4n) is 10.7. The van der Waals surface area contributed by atoms with Gasteiger partial charge in [0.15, 0.2) is 11.6 Å². The molecule has 0 bridgehead atoms. The summed E-state index contributed by atoms with van der Waals surface area (Å²) in [6.45, 7) is 17.1. The summed E-state index contributed by atoms with van der Waals surface area (Å²) in [5, 5.41) is 30.1. The predicted octanol–water partition coefficient (Wildman–Crippen LogP) is 7.89. The van der Waals surface area contributed by atoms with Crippen molar-refractivity contribution in [2.45, 2.75) is 105 Å². The number of aliphatic hydroxyl groups excluding tert-OH is 1. The summed E-state index contributed by atoms with van der Waals surface area (Å²) in [5.41, 5.74) is 9.08. The van der Waals surface area contributed by atoms with E-state index >= 15 is 0 Å². The highest BCUT2D eigenvalue weighted by molar-refractivity contribution is 7.15. The number of thiophene rings is 1. The Kier molecular flexibility index (Phi) is 15.8. The third-order valence-corrected chi connectivity index (χ3v) is 17.5. The molecular weight excluding hydrogens is 1060 g/mol. The number of methoxy groups -OCH3 is 1. The molecule has 4 amide bonds. The van der Waals surface area contributed by atoms with Crippen molar-refractivity contribution in [2.24, 2.45) is 16.3 Å². The number of benzene rings is 3. The maximum atomic E-state index is 14.4. The number of rotatable bonds is 16. The molecule has 3 aliphatic rings. The number of anilines is 1. The van der Waals surface area contributed by atoms with Crippen LogP contribution in [0, 0.1) is 39.0 Å². The number of aryl methyl sites for hydroxylation is 3. The van der Waals surface area contributed by atoms with E-state index in [1.807, 2.05) is 88.0 Å². The van der Waals surface area contributed by atoms with Crippen molar-refractivity contribution in [3.8, 4) is 21.2 Å². The molecule has 21 heteroatoms. The van der Waals surface area contributed by atoms with Gasteiger partial charge in [0, 0.05) is 53.1 Å². The lowest BCUT2D eigenvalue weighted by Gasteiger charge is -2.35. The smallest absolute Gasteiger partial charge is 0.308 e. The van der Waals surface area contributed by atoms with Crippen LogP contribution < -0.4 is 25.6 Å². The van der Waals surface area contributed by atoms with E-state index in [0.29, 0.717) is 47.9 Å². The number of amides is 4. The number of carbonyl (C=O) groups excluding carboxylic acids is 5. The van der Waals surface area contributed by atoms with Crippen LogP contribution in [0.1, 0.15) is 114 Å². The predicted molar refractivity (Wildman–Crippen MR) is 306 cm³/mol. The summed E-state index contributed by atoms with van der Waals surface area (Å²) in [6.07, 6.45) is -0.152. The number of carbonyl (C=O) groups is 5. The van der Waals surface area contributed by atoms with Gasteiger partial charge in [0.25, 0.3) is 5.91 Å². The number of ether oxygens (including phenoxy) is 2. The first-order valence-electron chi connectivity index (χ1n) is 26.8. The Morgan fingerprint density at radius 3 is 2.38 bits per heavy atom. The van der Waals surface area contributed by atoms with Gasteiger partial charge < -0.3 is 44.7 Å². The number of esters is 1. The van der Waals surface area contributed by atoms with Crippen LogP contribution in [-0.4, -0.2) is 123 Å². The molecule has 2 unspecified atom stereocenters. The molecule has 0 radical (unpaired) electrons. The van der Waals surface area contributed by atoms with Crippen LogP contribution in [0.25, 0.3) is 26.4 Å². The van der Waals surface area contributed by atoms with Gasteiger partial charge in [0.2, 0.25) is 17.7 Å². The molecule has 80 heavy (non-hydrogen) atoms. The van der Waals surface area contributed by atoms with Crippen LogP contribution in [-0.2, 0) is 23.9 Å². The first kappa shape index (κ1) is 55.6. The maximum Gasteiger partial charge on any atom is 0.308 e. The Morgan fingerprint density at radius 1 is 0.912 bits per heavy atom. The second-order valence-corrected chi connectivity index (χ2v) is 24.0. The molecule has 0 spiro atoms. The third kappa shape index (κ3) is 11.4. The largest absolute Gasteiger partial charge is 0.492 e. The average molecular weight is 1120 g/mol. The Bertz CT molecular complexity index is 3520. The lowest BCUT2D eigenvalue weighted by Crippen LogP contribution is -2.57. The zero-order chi connectivity index (χ0) is 56.7. The van der Waals surface area contributed by atoms with Crippen LogP contribution in [0.4, 0.5) is 5.69 Å². The molecule has 0 aliphatic carbocycles. The van der Waals surface area contributed by atoms with Gasteiger partial charge in [-0.15, -0.1) is 32.9 Å². The SMILES string of the molecule is COC(=O)C[C@@H]1N=C(c2ccc(N3CCC(C(=O)NCCOc4ccc5oc(C(=O)NC(C(=O)N6C[C@H](O)C[C@H]6C(=O)N[C@@H](C)c6ccc(-c7scnc7C)cc6)C(C)(C)C)cc5c4)C3)cc2)c2c(sc(C)c2C)-n2c(C)nnc21. The van der Waals surface area contributed by atoms with Gasteiger partial charge in [-0.3, -0.25) is 33.5 Å². The van der Waals surface area contributed by atoms with Crippen LogP contribution in [0.15, 0.2) is 87.7 Å². The standard InChI is InChI=1S/C59H66N10O9S2/c1-31-34(4)80-58-49(31)50(63-44(27-48(71)76-9)53-66-65-35(5)69(53)58)37-14-16-41(17-15-37)67-22-20-39(28-67)54(72)60-21-23-77-43-18-19-46-40(24-43)25-47(78-46)56(74)64-52(59(6,7)8)57(75)68-29-42(70)26-45(68)55(73)62-32(2)36-10-12-38(13-11-36)51-33(3)61-30-79-51/h10-19,24-25,30,32,39,42,44-45,52,70H,20-23,26-29H2,1-9H3,(H,60,72)(H,62,73)(H,64,74)/t32-,39?,42+,44-,45-,52?/m0/s1. The number of nitrogens with zero attached hydrogens (tertiary/aromatic N) is 7. The van der Waals surface area contributed by atoms with E-state index < -0.39 is 47.4 Å². The molecule has 3 aliphatic heterocycles. The average Bonchev–Trinajstić information content (AvgIpc) is 4.33. The monoisotopic (exact) mass is 1120 g/mol. The topological polar surface area (TPSA) is 236 Å². The number of fused-ring (bicyclic) bond motifs is 4. The lowest BCUT2D eigenvalue weighted by molar-refractivity contribution is -0.142. The molecule has 7 heterocycles. The van der Waals surface area contributed by atoms with Gasteiger partial charge >= 0.3 is 5.97 Å². The first-order chi connectivity index (χ1) is 38.3. The molecule has 19 nitrogen and oxygen atoms in total. The van der Waals surface area contributed by atoms with Gasteiger partial charge in [0.1, 0.15) is 46.9 Å². The van der Waals surface area contributed by atoms with E-state index in [1.54, 1.807) is 46.9 Å². The molecule has 2 saturated heterocycles. The summed E-state index contributed by atoms with van der Waals surface area (Å²) in [5.74, 6) is -0.356. The number of hydrogen-bond donors (Lipinski definition) is 4. The third-order valence-electron chi connectivity index (χ3n) is 15.3. The van der Waals surface area contributed by atoms with Crippen LogP contribution in [0.5, 0.6) is 5.75 Å². The molecule has 6 atom stereocenters. The molecule has 10 rings (SSSR count). The highest BCUT2D eigenvalue weighted by atomic mass is 32.1. The quantitative estimate of drug-likeness (QED) is 0.0533. The molecule has 7 aromatic rings. The number of β-amino-alcohol motifs (C(OH)–C–C–N with tert-alkyl or cyclic N) is 1. The minimum Gasteiger partial charge on any atom is -0.492 e. The second kappa shape index (κ2) is 22.8. The number of aromatic nitrogens is 4. The zero-order valence-electron chi connectivity index (χ0n) is 46.3. The number of aliphatic imine (C=N–C) groups is 1. The van der Waals surface area contributed by atoms with E-state index in [9.17, 15) is 29.1 Å². The summed E-state index contributed by atoms with van der Waals surface area (Å²) in [6, 6.07) is 19.8. The normalized spacial score (nSPS) is 18.7. The Labute approximate surface area is 471 Å². The Balaban J connectivity index is 0.717. The van der Waals surface area contributed by atoms with Crippen molar-refractivity contribution in [1.82, 2.24) is 40.6 Å². The maximum absolute atomic E-state index is 14.4. The molecule has 0 saturated carbocycles. The summed E-state index contributed by atoms with van der Waals surface area (Å²) in [7, 11) is 1.37. The molecule has 2 fully saturated rings. The van der Waals surface area contributed by atoms with Crippen molar-refractivity contribution in [2.75, 3.05) is 44.8 Å². The zero-order valence-corrected chi connectivity index (χ0v) is 47.9. The van der Waals surface area contributed by atoms with Crippen LogP contribution in [0.3, 0.4) is 0 Å². The van der Waals surface area contributed by atoms with E-state index in [0.717, 1.165) is 59.7 Å². The highest BCUT2D eigenvalue weighted by Gasteiger charge is 2.45. The minimum atomic E-state index is -1.07. The second-order valence-electron chi connectivity index (χ2n) is 21.9. The van der Waals surface area contributed by atoms with Crippen molar-refractivity contribution in [3.05, 3.63) is 129 Å². The van der Waals surface area contributed by atoms with Crippen LogP contribution >= 0.6 is 22.7 Å². The van der Waals surface area contributed by atoms with E-state index in [4.69, 9.17) is 18.9 Å². The van der Waals surface area contributed by atoms with Crippen molar-refractivity contribution in [1.29, 1.82) is 0 Å². The number of aliphatic hydroxyl groups is 1. The van der Waals surface area contributed by atoms with Gasteiger partial charge in [-0.1, -0.05) is 57.2 Å². The number of thiazole rings is 1.